The van der Waals surface area contributed by atoms with Crippen molar-refractivity contribution in [1.29, 1.82) is 0 Å². The maximum atomic E-state index is 11.7. The van der Waals surface area contributed by atoms with E-state index >= 15 is 0 Å². The fourth-order valence-electron chi connectivity index (χ4n) is 3.11. The smallest absolute Gasteiger partial charge is 0.320 e. The molecule has 2 aromatic heterocycles. The van der Waals surface area contributed by atoms with E-state index in [0.717, 1.165) is 35.0 Å². The lowest BCUT2D eigenvalue weighted by molar-refractivity contribution is -0.145. The van der Waals surface area contributed by atoms with E-state index in [1.807, 2.05) is 12.1 Å². The van der Waals surface area contributed by atoms with E-state index in [4.69, 9.17) is 11.6 Å². The number of aliphatic carboxylic acids is 1. The van der Waals surface area contributed by atoms with Gasteiger partial charge < -0.3 is 5.11 Å². The molecular formula is C16H18ClNO2S2. The van der Waals surface area contributed by atoms with Gasteiger partial charge >= 0.3 is 5.97 Å². The minimum absolute atomic E-state index is 0.00102. The van der Waals surface area contributed by atoms with Crippen LogP contribution < -0.4 is 0 Å². The number of carboxylic acid groups (broad SMARTS) is 1. The van der Waals surface area contributed by atoms with Gasteiger partial charge in [-0.1, -0.05) is 18.0 Å². The first kappa shape index (κ1) is 16.0. The molecule has 2 aromatic rings. The van der Waals surface area contributed by atoms with Gasteiger partial charge in [0, 0.05) is 9.75 Å². The molecule has 6 heteroatoms. The summed E-state index contributed by atoms with van der Waals surface area (Å²) in [5.74, 6) is -0.721. The molecule has 0 radical (unpaired) electrons. The number of hydrogen-bond acceptors (Lipinski definition) is 4. The first-order chi connectivity index (χ1) is 10.6. The zero-order chi connectivity index (χ0) is 15.7. The number of likely N-dealkylation sites (tertiary alicyclic amines) is 1. The summed E-state index contributed by atoms with van der Waals surface area (Å²) in [7, 11) is 0. The number of piperidine rings is 1. The van der Waals surface area contributed by atoms with Crippen molar-refractivity contribution in [1.82, 2.24) is 4.90 Å². The topological polar surface area (TPSA) is 40.5 Å². The maximum absolute atomic E-state index is 11.7. The summed E-state index contributed by atoms with van der Waals surface area (Å²) in [5.41, 5.74) is 1.22. The Morgan fingerprint density at radius 1 is 1.41 bits per heavy atom. The van der Waals surface area contributed by atoms with Gasteiger partial charge in [0.1, 0.15) is 6.04 Å². The van der Waals surface area contributed by atoms with Gasteiger partial charge in [0.2, 0.25) is 0 Å². The van der Waals surface area contributed by atoms with Crippen molar-refractivity contribution in [2.45, 2.75) is 38.3 Å². The molecule has 3 heterocycles. The fourth-order valence-corrected chi connectivity index (χ4v) is 5.44. The number of thiophene rings is 2. The normalized spacial score (nSPS) is 20.9. The average Bonchev–Trinajstić information content (AvgIpc) is 3.10. The van der Waals surface area contributed by atoms with Crippen molar-refractivity contribution in [3.8, 4) is 0 Å². The lowest BCUT2D eigenvalue weighted by atomic mass is 9.97. The van der Waals surface area contributed by atoms with E-state index in [9.17, 15) is 9.90 Å². The van der Waals surface area contributed by atoms with Gasteiger partial charge in [0.05, 0.1) is 10.4 Å². The number of nitrogens with zero attached hydrogens (tertiary/aromatic N) is 1. The Hall–Kier alpha value is -0.880. The minimum Gasteiger partial charge on any atom is -0.480 e. The first-order valence-electron chi connectivity index (χ1n) is 7.35. The van der Waals surface area contributed by atoms with Gasteiger partial charge in [0.15, 0.2) is 0 Å². The molecule has 0 aliphatic carbocycles. The molecule has 1 aliphatic heterocycles. The van der Waals surface area contributed by atoms with Gasteiger partial charge in [-0.25, -0.2) is 0 Å². The molecule has 3 nitrogen and oxygen atoms in total. The molecule has 3 rings (SSSR count). The SMILES string of the molecule is Cc1ccsc1C(c1ccc(Cl)s1)N1CCCCC1C(=O)O. The molecule has 1 saturated heterocycles. The van der Waals surface area contributed by atoms with Crippen molar-refractivity contribution < 1.29 is 9.90 Å². The van der Waals surface area contributed by atoms with Crippen LogP contribution in [0, 0.1) is 6.92 Å². The van der Waals surface area contributed by atoms with Crippen molar-refractivity contribution in [2.75, 3.05) is 6.54 Å². The molecule has 0 bridgehead atoms. The molecule has 118 valence electrons. The van der Waals surface area contributed by atoms with Crippen LogP contribution in [-0.2, 0) is 4.79 Å². The number of aryl methyl sites for hydroxylation is 1. The van der Waals surface area contributed by atoms with E-state index in [1.54, 1.807) is 22.7 Å². The van der Waals surface area contributed by atoms with Crippen LogP contribution in [0.25, 0.3) is 0 Å². The zero-order valence-electron chi connectivity index (χ0n) is 12.3. The number of halogens is 1. The Bertz CT molecular complexity index is 667. The Morgan fingerprint density at radius 3 is 2.82 bits per heavy atom. The average molecular weight is 356 g/mol. The van der Waals surface area contributed by atoms with E-state index in [2.05, 4.69) is 23.3 Å². The maximum Gasteiger partial charge on any atom is 0.320 e. The van der Waals surface area contributed by atoms with Gasteiger partial charge in [-0.2, -0.15) is 0 Å². The Kier molecular flexibility index (Phi) is 4.88. The number of carboxylic acids is 1. The van der Waals surface area contributed by atoms with Crippen LogP contribution in [-0.4, -0.2) is 28.6 Å². The van der Waals surface area contributed by atoms with Gasteiger partial charge in [-0.3, -0.25) is 9.69 Å². The standard InChI is InChI=1S/C16H18ClNO2S2/c1-10-7-9-21-15(10)14(12-5-6-13(17)22-12)18-8-3-2-4-11(18)16(19)20/h5-7,9,11,14H,2-4,8H2,1H3,(H,19,20). The molecule has 1 fully saturated rings. The minimum atomic E-state index is -0.721. The second kappa shape index (κ2) is 6.71. The van der Waals surface area contributed by atoms with Crippen LogP contribution in [0.2, 0.25) is 4.34 Å². The summed E-state index contributed by atoms with van der Waals surface area (Å²) >= 11 is 9.38. The van der Waals surface area contributed by atoms with E-state index < -0.39 is 12.0 Å². The number of carbonyl (C=O) groups is 1. The summed E-state index contributed by atoms with van der Waals surface area (Å²) in [6, 6.07) is 5.61. The monoisotopic (exact) mass is 355 g/mol. The highest BCUT2D eigenvalue weighted by Gasteiger charge is 2.36. The van der Waals surface area contributed by atoms with E-state index in [0.29, 0.717) is 0 Å². The molecule has 2 unspecified atom stereocenters. The third-order valence-electron chi connectivity index (χ3n) is 4.17. The molecular weight excluding hydrogens is 338 g/mol. The van der Waals surface area contributed by atoms with Crippen molar-refractivity contribution in [3.05, 3.63) is 43.2 Å². The predicted octanol–water partition coefficient (Wildman–Crippen LogP) is 4.80. The third kappa shape index (κ3) is 3.08. The Balaban J connectivity index is 2.04. The van der Waals surface area contributed by atoms with Crippen LogP contribution in [0.1, 0.15) is 40.6 Å². The molecule has 0 aromatic carbocycles. The predicted molar refractivity (Wildman–Crippen MR) is 92.2 cm³/mol. The van der Waals surface area contributed by atoms with Crippen LogP contribution in [0.5, 0.6) is 0 Å². The largest absolute Gasteiger partial charge is 0.480 e. The second-order valence-corrected chi connectivity index (χ2v) is 8.29. The lowest BCUT2D eigenvalue weighted by Gasteiger charge is -2.38. The highest BCUT2D eigenvalue weighted by Crippen LogP contribution is 2.41. The van der Waals surface area contributed by atoms with Gasteiger partial charge in [0.25, 0.3) is 0 Å². The fraction of sp³-hybridized carbons (Fsp3) is 0.438. The number of hydrogen-bond donors (Lipinski definition) is 1. The molecule has 0 amide bonds. The molecule has 1 N–H and O–H groups in total. The summed E-state index contributed by atoms with van der Waals surface area (Å²) in [6.45, 7) is 2.91. The molecule has 22 heavy (non-hydrogen) atoms. The van der Waals surface area contributed by atoms with E-state index in [-0.39, 0.29) is 6.04 Å². The summed E-state index contributed by atoms with van der Waals surface area (Å²) < 4.78 is 0.748. The molecule has 2 atom stereocenters. The molecule has 0 spiro atoms. The van der Waals surface area contributed by atoms with Gasteiger partial charge in [-0.15, -0.1) is 22.7 Å². The first-order valence-corrected chi connectivity index (χ1v) is 9.43. The quantitative estimate of drug-likeness (QED) is 0.856. The van der Waals surface area contributed by atoms with Crippen LogP contribution in [0.4, 0.5) is 0 Å². The summed E-state index contributed by atoms with van der Waals surface area (Å²) in [4.78, 5) is 16.2. The van der Waals surface area contributed by atoms with Crippen molar-refractivity contribution in [2.24, 2.45) is 0 Å². The van der Waals surface area contributed by atoms with E-state index in [1.165, 1.54) is 10.4 Å². The van der Waals surface area contributed by atoms with Crippen LogP contribution >= 0.6 is 34.3 Å². The second-order valence-electron chi connectivity index (χ2n) is 5.60. The molecule has 1 aliphatic rings. The van der Waals surface area contributed by atoms with Crippen LogP contribution in [0.15, 0.2) is 23.6 Å². The van der Waals surface area contributed by atoms with Gasteiger partial charge in [-0.05, 0) is 55.5 Å². The van der Waals surface area contributed by atoms with Crippen molar-refractivity contribution in [3.63, 3.8) is 0 Å². The Morgan fingerprint density at radius 2 is 2.23 bits per heavy atom. The number of rotatable bonds is 4. The Labute approximate surface area is 143 Å². The van der Waals surface area contributed by atoms with Crippen molar-refractivity contribution >= 4 is 40.2 Å². The third-order valence-corrected chi connectivity index (χ3v) is 6.53. The van der Waals surface area contributed by atoms with Crippen LogP contribution in [0.3, 0.4) is 0 Å². The summed E-state index contributed by atoms with van der Waals surface area (Å²) in [5, 5.41) is 11.7. The lowest BCUT2D eigenvalue weighted by Crippen LogP contribution is -2.46. The highest BCUT2D eigenvalue weighted by atomic mass is 35.5. The molecule has 0 saturated carbocycles. The zero-order valence-corrected chi connectivity index (χ0v) is 14.7. The highest BCUT2D eigenvalue weighted by molar-refractivity contribution is 7.16. The summed E-state index contributed by atoms with van der Waals surface area (Å²) in [6.07, 6.45) is 2.74.